The summed E-state index contributed by atoms with van der Waals surface area (Å²) in [5, 5.41) is 19.8. The van der Waals surface area contributed by atoms with E-state index in [1.165, 1.54) is 71.3 Å². The molecule has 0 fully saturated rings. The van der Waals surface area contributed by atoms with Gasteiger partial charge >= 0.3 is 12.1 Å². The van der Waals surface area contributed by atoms with Crippen molar-refractivity contribution in [2.75, 3.05) is 7.11 Å². The van der Waals surface area contributed by atoms with Gasteiger partial charge in [-0.25, -0.2) is 14.7 Å². The third-order valence-electron chi connectivity index (χ3n) is 7.22. The molecule has 2 N–H and O–H groups in total. The van der Waals surface area contributed by atoms with E-state index >= 15 is 0 Å². The van der Waals surface area contributed by atoms with Crippen LogP contribution in [0.5, 0.6) is 5.75 Å². The van der Waals surface area contributed by atoms with Gasteiger partial charge < -0.3 is 14.9 Å². The van der Waals surface area contributed by atoms with Crippen LogP contribution in [0.25, 0.3) is 0 Å². The van der Waals surface area contributed by atoms with Gasteiger partial charge in [-0.3, -0.25) is 4.79 Å². The lowest BCUT2D eigenvalue weighted by Crippen LogP contribution is -2.49. The Bertz CT molecular complexity index is 933. The number of amides is 1. The Kier molecular flexibility index (Phi) is 13.6. The van der Waals surface area contributed by atoms with Crippen molar-refractivity contribution in [2.24, 2.45) is 10.9 Å². The van der Waals surface area contributed by atoms with Crippen molar-refractivity contribution in [3.8, 4) is 5.75 Å². The minimum Gasteiger partial charge on any atom is -0.496 e. The first-order chi connectivity index (χ1) is 17.8. The van der Waals surface area contributed by atoms with Gasteiger partial charge in [-0.2, -0.15) is 0 Å². The summed E-state index contributed by atoms with van der Waals surface area (Å²) in [6.45, 7) is 3.83. The Morgan fingerprint density at radius 1 is 0.946 bits per heavy atom. The maximum absolute atomic E-state index is 12.2. The van der Waals surface area contributed by atoms with Crippen molar-refractivity contribution in [1.29, 1.82) is 0 Å². The molecule has 7 nitrogen and oxygen atoms in total. The molecule has 0 aromatic heterocycles. The Labute approximate surface area is 227 Å². The highest BCUT2D eigenvalue weighted by Gasteiger charge is 2.45. The lowest BCUT2D eigenvalue weighted by molar-refractivity contribution is -0.140. The monoisotopic (exact) mass is 532 g/mol. The van der Waals surface area contributed by atoms with Crippen LogP contribution in [0.2, 0.25) is 0 Å². The molecule has 8 heteroatoms. The van der Waals surface area contributed by atoms with Crippen molar-refractivity contribution >= 4 is 35.1 Å². The molecule has 1 aliphatic rings. The van der Waals surface area contributed by atoms with Crippen molar-refractivity contribution < 1.29 is 24.5 Å². The molecule has 0 bridgehead atoms. The number of carboxylic acid groups (broad SMARTS) is 2. The van der Waals surface area contributed by atoms with E-state index in [2.05, 4.69) is 11.9 Å². The SMILES string of the molecule is CCCCCCCCCCCCCCCc1cccc(OC)c1C1C(C(=O)O)C(C)=NC(=S)N1C(=O)O. The molecular weight excluding hydrogens is 488 g/mol. The Balaban J connectivity index is 1.98. The zero-order chi connectivity index (χ0) is 27.2. The van der Waals surface area contributed by atoms with Crippen LogP contribution in [-0.4, -0.2) is 45.1 Å². The average Bonchev–Trinajstić information content (AvgIpc) is 2.85. The van der Waals surface area contributed by atoms with E-state index in [1.54, 1.807) is 13.0 Å². The van der Waals surface area contributed by atoms with E-state index in [1.807, 2.05) is 12.1 Å². The first-order valence-electron chi connectivity index (χ1n) is 13.8. The van der Waals surface area contributed by atoms with Crippen molar-refractivity contribution in [3.05, 3.63) is 29.3 Å². The van der Waals surface area contributed by atoms with Crippen LogP contribution in [0.15, 0.2) is 23.2 Å². The number of hydrogen-bond donors (Lipinski definition) is 2. The molecule has 1 amide bonds. The number of methoxy groups -OCH3 is 1. The lowest BCUT2D eigenvalue weighted by Gasteiger charge is -2.37. The fourth-order valence-electron chi connectivity index (χ4n) is 5.24. The van der Waals surface area contributed by atoms with Gasteiger partial charge in [0.2, 0.25) is 5.11 Å². The highest BCUT2D eigenvalue weighted by atomic mass is 32.1. The van der Waals surface area contributed by atoms with E-state index in [4.69, 9.17) is 17.0 Å². The first kappa shape index (κ1) is 30.7. The molecule has 1 aliphatic heterocycles. The fourth-order valence-corrected chi connectivity index (χ4v) is 5.57. The van der Waals surface area contributed by atoms with Gasteiger partial charge in [0.05, 0.1) is 13.2 Å². The van der Waals surface area contributed by atoms with Crippen LogP contribution in [0.1, 0.15) is 114 Å². The highest BCUT2D eigenvalue weighted by molar-refractivity contribution is 7.80. The first-order valence-corrected chi connectivity index (χ1v) is 14.2. The molecule has 37 heavy (non-hydrogen) atoms. The number of aliphatic imine (C=N–C) groups is 1. The zero-order valence-corrected chi connectivity index (χ0v) is 23.5. The minimum absolute atomic E-state index is 0.148. The number of benzene rings is 1. The summed E-state index contributed by atoms with van der Waals surface area (Å²) in [5.74, 6) is -1.82. The van der Waals surface area contributed by atoms with Gasteiger partial charge in [0.25, 0.3) is 0 Å². The number of carboxylic acids is 1. The van der Waals surface area contributed by atoms with E-state index in [9.17, 15) is 19.8 Å². The minimum atomic E-state index is -1.32. The summed E-state index contributed by atoms with van der Waals surface area (Å²) in [4.78, 5) is 29.3. The molecule has 1 heterocycles. The summed E-state index contributed by atoms with van der Waals surface area (Å²) in [6.07, 6.45) is 15.8. The molecule has 2 atom stereocenters. The van der Waals surface area contributed by atoms with Gasteiger partial charge in [0, 0.05) is 11.3 Å². The van der Waals surface area contributed by atoms with Crippen LogP contribution < -0.4 is 4.74 Å². The topological polar surface area (TPSA) is 99.4 Å². The molecule has 1 aromatic carbocycles. The third-order valence-corrected chi connectivity index (χ3v) is 7.50. The second-order valence-electron chi connectivity index (χ2n) is 9.97. The molecule has 0 radical (unpaired) electrons. The third kappa shape index (κ3) is 9.09. The number of thiocarbonyl (C=S) groups is 1. The maximum atomic E-state index is 12.2. The molecular formula is C29H44N2O5S. The maximum Gasteiger partial charge on any atom is 0.414 e. The Morgan fingerprint density at radius 3 is 1.97 bits per heavy atom. The number of hydrogen-bond acceptors (Lipinski definition) is 4. The standard InChI is InChI=1S/C29H44N2O5S/c1-4-5-6-7-8-9-10-11-12-13-14-15-16-18-22-19-17-20-23(36-3)25(22)26-24(27(32)33)21(2)30-28(37)31(26)29(34)35/h17,19-20,24,26H,4-16,18H2,1-3H3,(H,32,33)(H,34,35). The normalized spacial score (nSPS) is 17.5. The average molecular weight is 533 g/mol. The van der Waals surface area contributed by atoms with E-state index < -0.39 is 24.0 Å². The molecule has 0 aliphatic carbocycles. The van der Waals surface area contributed by atoms with Crippen molar-refractivity contribution in [2.45, 2.75) is 110 Å². The zero-order valence-electron chi connectivity index (χ0n) is 22.7. The van der Waals surface area contributed by atoms with Crippen LogP contribution in [0.4, 0.5) is 4.79 Å². The van der Waals surface area contributed by atoms with Gasteiger partial charge in [0.1, 0.15) is 11.7 Å². The van der Waals surface area contributed by atoms with E-state index in [0.29, 0.717) is 17.7 Å². The van der Waals surface area contributed by atoms with Gasteiger partial charge in [-0.1, -0.05) is 96.1 Å². The van der Waals surface area contributed by atoms with Crippen molar-refractivity contribution in [3.63, 3.8) is 0 Å². The van der Waals surface area contributed by atoms with Gasteiger partial charge in [-0.05, 0) is 43.6 Å². The van der Waals surface area contributed by atoms with E-state index in [-0.39, 0.29) is 10.8 Å². The number of ether oxygens (including phenoxy) is 1. The highest BCUT2D eigenvalue weighted by Crippen LogP contribution is 2.41. The number of unbranched alkanes of at least 4 members (excludes halogenated alkanes) is 12. The van der Waals surface area contributed by atoms with Crippen molar-refractivity contribution in [1.82, 2.24) is 4.90 Å². The molecule has 0 spiro atoms. The summed E-state index contributed by atoms with van der Waals surface area (Å²) in [6, 6.07) is 4.50. The predicted octanol–water partition coefficient (Wildman–Crippen LogP) is 7.81. The molecule has 1 aromatic rings. The predicted molar refractivity (Wildman–Crippen MR) is 152 cm³/mol. The van der Waals surface area contributed by atoms with Gasteiger partial charge in [0.15, 0.2) is 0 Å². The van der Waals surface area contributed by atoms with Crippen LogP contribution in [0, 0.1) is 5.92 Å². The number of nitrogens with zero attached hydrogens (tertiary/aromatic N) is 2. The Morgan fingerprint density at radius 2 is 1.49 bits per heavy atom. The Hall–Kier alpha value is -2.48. The van der Waals surface area contributed by atoms with Crippen LogP contribution in [-0.2, 0) is 11.2 Å². The van der Waals surface area contributed by atoms with E-state index in [0.717, 1.165) is 29.7 Å². The molecule has 2 rings (SSSR count). The molecule has 0 saturated heterocycles. The number of aryl methyl sites for hydroxylation is 1. The second kappa shape index (κ2) is 16.4. The summed E-state index contributed by atoms with van der Waals surface area (Å²) >= 11 is 5.24. The smallest absolute Gasteiger partial charge is 0.414 e. The fraction of sp³-hybridized carbons (Fsp3) is 0.655. The largest absolute Gasteiger partial charge is 0.496 e. The number of carbonyl (C=O) groups is 2. The molecule has 0 saturated carbocycles. The molecule has 206 valence electrons. The van der Waals surface area contributed by atoms with Crippen LogP contribution >= 0.6 is 12.2 Å². The lowest BCUT2D eigenvalue weighted by atomic mass is 9.83. The quantitative estimate of drug-likeness (QED) is 0.157. The second-order valence-corrected chi connectivity index (χ2v) is 10.3. The number of rotatable bonds is 17. The number of aliphatic carboxylic acids is 1. The molecule has 2 unspecified atom stereocenters. The summed E-state index contributed by atoms with van der Waals surface area (Å²) < 4.78 is 5.59. The van der Waals surface area contributed by atoms with Gasteiger partial charge in [-0.15, -0.1) is 0 Å². The van der Waals surface area contributed by atoms with Crippen LogP contribution in [0.3, 0.4) is 0 Å². The summed E-state index contributed by atoms with van der Waals surface area (Å²) in [7, 11) is 1.51. The summed E-state index contributed by atoms with van der Waals surface area (Å²) in [5.41, 5.74) is 1.75.